The summed E-state index contributed by atoms with van der Waals surface area (Å²) in [4.78, 5) is 21.4. The molecule has 2 unspecified atom stereocenters. The number of aliphatic carboxylic acids is 1. The molecule has 1 fully saturated rings. The molecule has 0 spiro atoms. The normalized spacial score (nSPS) is 25.1. The summed E-state index contributed by atoms with van der Waals surface area (Å²) in [5.41, 5.74) is 0. The van der Waals surface area contributed by atoms with Gasteiger partial charge in [-0.2, -0.15) is 13.2 Å². The Bertz CT molecular complexity index is 352. The number of carboxylic acid groups (broad SMARTS) is 1. The fourth-order valence-electron chi connectivity index (χ4n) is 2.01. The summed E-state index contributed by atoms with van der Waals surface area (Å²) in [5, 5.41) is 10.7. The van der Waals surface area contributed by atoms with E-state index in [0.29, 0.717) is 18.9 Å². The van der Waals surface area contributed by atoms with Crippen LogP contribution in [0.15, 0.2) is 12.2 Å². The molecule has 0 aromatic heterocycles. The molecule has 1 aliphatic carbocycles. The van der Waals surface area contributed by atoms with Gasteiger partial charge >= 0.3 is 12.1 Å². The van der Waals surface area contributed by atoms with Crippen LogP contribution < -0.4 is 5.32 Å². The van der Waals surface area contributed by atoms with E-state index in [1.807, 2.05) is 0 Å². The van der Waals surface area contributed by atoms with E-state index in [-0.39, 0.29) is 12.8 Å². The van der Waals surface area contributed by atoms with E-state index >= 15 is 0 Å². The first kappa shape index (κ1) is 14.5. The molecule has 1 aliphatic rings. The van der Waals surface area contributed by atoms with E-state index < -0.39 is 30.0 Å². The average molecular weight is 265 g/mol. The number of amides is 1. The van der Waals surface area contributed by atoms with Crippen molar-refractivity contribution in [3.05, 3.63) is 12.2 Å². The van der Waals surface area contributed by atoms with Gasteiger partial charge in [-0.25, -0.2) is 4.79 Å². The summed E-state index contributed by atoms with van der Waals surface area (Å²) in [6, 6.07) is -0.545. The van der Waals surface area contributed by atoms with E-state index in [1.54, 1.807) is 0 Å². The van der Waals surface area contributed by atoms with Gasteiger partial charge in [-0.1, -0.05) is 6.42 Å². The van der Waals surface area contributed by atoms with E-state index in [4.69, 9.17) is 5.11 Å². The van der Waals surface area contributed by atoms with Crippen molar-refractivity contribution in [1.29, 1.82) is 0 Å². The van der Waals surface area contributed by atoms with Crippen LogP contribution in [0.5, 0.6) is 0 Å². The van der Waals surface area contributed by atoms with Crippen molar-refractivity contribution < 1.29 is 27.9 Å². The number of carbonyl (C=O) groups is 2. The monoisotopic (exact) mass is 265 g/mol. The fourth-order valence-corrected chi connectivity index (χ4v) is 2.01. The lowest BCUT2D eigenvalue weighted by Crippen LogP contribution is -2.41. The lowest BCUT2D eigenvalue weighted by molar-refractivity contribution is -0.184. The van der Waals surface area contributed by atoms with Crippen molar-refractivity contribution in [3.63, 3.8) is 0 Å². The summed E-state index contributed by atoms with van der Waals surface area (Å²) in [6.07, 6.45) is -1.95. The molecule has 1 amide bonds. The smallest absolute Gasteiger partial charge is 0.391 e. The Labute approximate surface area is 102 Å². The molecule has 0 heterocycles. The Kier molecular flexibility index (Phi) is 4.75. The first-order valence-corrected chi connectivity index (χ1v) is 5.57. The number of alkyl halides is 3. The molecule has 0 saturated heterocycles. The van der Waals surface area contributed by atoms with Crippen LogP contribution in [0.4, 0.5) is 13.2 Å². The van der Waals surface area contributed by atoms with Crippen molar-refractivity contribution >= 4 is 11.9 Å². The number of hydrogen-bond acceptors (Lipinski definition) is 2. The van der Waals surface area contributed by atoms with Crippen LogP contribution in [-0.4, -0.2) is 29.2 Å². The minimum atomic E-state index is -4.24. The van der Waals surface area contributed by atoms with Crippen LogP contribution in [0, 0.1) is 5.92 Å². The molecule has 4 nitrogen and oxygen atoms in total. The second-order valence-electron chi connectivity index (χ2n) is 4.28. The minimum Gasteiger partial charge on any atom is -0.478 e. The molecule has 0 bridgehead atoms. The van der Waals surface area contributed by atoms with Crippen molar-refractivity contribution in [2.24, 2.45) is 5.92 Å². The highest BCUT2D eigenvalue weighted by molar-refractivity contribution is 5.93. The molecule has 102 valence electrons. The highest BCUT2D eigenvalue weighted by Crippen LogP contribution is 2.37. The van der Waals surface area contributed by atoms with Crippen molar-refractivity contribution in [3.8, 4) is 0 Å². The van der Waals surface area contributed by atoms with Gasteiger partial charge in [0.25, 0.3) is 0 Å². The predicted molar refractivity (Wildman–Crippen MR) is 56.7 cm³/mol. The van der Waals surface area contributed by atoms with Crippen molar-refractivity contribution in [2.75, 3.05) is 0 Å². The number of nitrogens with one attached hydrogen (secondary N) is 1. The van der Waals surface area contributed by atoms with E-state index in [0.717, 1.165) is 6.08 Å². The van der Waals surface area contributed by atoms with Crippen LogP contribution in [0.2, 0.25) is 0 Å². The lowest BCUT2D eigenvalue weighted by Gasteiger charge is -2.30. The van der Waals surface area contributed by atoms with E-state index in [1.165, 1.54) is 0 Å². The van der Waals surface area contributed by atoms with E-state index in [9.17, 15) is 22.8 Å². The Morgan fingerprint density at radius 1 is 1.22 bits per heavy atom. The van der Waals surface area contributed by atoms with E-state index in [2.05, 4.69) is 5.32 Å². The highest BCUT2D eigenvalue weighted by Gasteiger charge is 2.42. The third-order valence-corrected chi connectivity index (χ3v) is 2.86. The maximum Gasteiger partial charge on any atom is 0.391 e. The van der Waals surface area contributed by atoms with Gasteiger partial charge in [0.1, 0.15) is 0 Å². The van der Waals surface area contributed by atoms with Crippen molar-refractivity contribution in [2.45, 2.75) is 37.9 Å². The predicted octanol–water partition coefficient (Wildman–Crippen LogP) is 1.86. The number of carbonyl (C=O) groups excluding carboxylic acids is 1. The van der Waals surface area contributed by atoms with Gasteiger partial charge in [0, 0.05) is 18.2 Å². The van der Waals surface area contributed by atoms with Crippen LogP contribution in [0.3, 0.4) is 0 Å². The van der Waals surface area contributed by atoms with Gasteiger partial charge in [0.15, 0.2) is 0 Å². The third kappa shape index (κ3) is 4.77. The largest absolute Gasteiger partial charge is 0.478 e. The molecule has 2 atom stereocenters. The Morgan fingerprint density at radius 3 is 2.44 bits per heavy atom. The molecular weight excluding hydrogens is 251 g/mol. The lowest BCUT2D eigenvalue weighted by atomic mass is 9.85. The molecule has 18 heavy (non-hydrogen) atoms. The number of rotatable bonds is 3. The Hall–Kier alpha value is -1.53. The first-order chi connectivity index (χ1) is 8.29. The summed E-state index contributed by atoms with van der Waals surface area (Å²) in [6.45, 7) is 0. The highest BCUT2D eigenvalue weighted by atomic mass is 19.4. The van der Waals surface area contributed by atoms with Crippen molar-refractivity contribution in [1.82, 2.24) is 5.32 Å². The third-order valence-electron chi connectivity index (χ3n) is 2.86. The van der Waals surface area contributed by atoms with Gasteiger partial charge in [-0.15, -0.1) is 0 Å². The Balaban J connectivity index is 2.48. The molecule has 0 aromatic carbocycles. The average Bonchev–Trinajstić information content (AvgIpc) is 2.25. The minimum absolute atomic E-state index is 0.0842. The molecule has 2 N–H and O–H groups in total. The standard InChI is InChI=1S/C11H14F3NO3/c12-11(13,14)7-2-1-3-8(6-7)15-9(16)4-5-10(17)18/h4-5,7-8H,1-3,6H2,(H,15,16)(H,17,18)/b5-4+. The molecule has 0 radical (unpaired) electrons. The van der Waals surface area contributed by atoms with Gasteiger partial charge in [-0.05, 0) is 19.3 Å². The number of halogens is 3. The van der Waals surface area contributed by atoms with Gasteiger partial charge < -0.3 is 10.4 Å². The maximum absolute atomic E-state index is 12.5. The molecule has 0 aromatic rings. The second kappa shape index (κ2) is 5.88. The Morgan fingerprint density at radius 2 is 1.89 bits per heavy atom. The quantitative estimate of drug-likeness (QED) is 0.765. The zero-order valence-electron chi connectivity index (χ0n) is 9.54. The maximum atomic E-state index is 12.5. The van der Waals surface area contributed by atoms with Crippen LogP contribution >= 0.6 is 0 Å². The molecule has 1 rings (SSSR count). The summed E-state index contributed by atoms with van der Waals surface area (Å²) >= 11 is 0. The topological polar surface area (TPSA) is 66.4 Å². The molecular formula is C11H14F3NO3. The first-order valence-electron chi connectivity index (χ1n) is 5.57. The summed E-state index contributed by atoms with van der Waals surface area (Å²) in [7, 11) is 0. The van der Waals surface area contributed by atoms with Crippen LogP contribution in [0.1, 0.15) is 25.7 Å². The zero-order valence-corrected chi connectivity index (χ0v) is 9.54. The number of hydrogen-bond donors (Lipinski definition) is 2. The molecule has 0 aliphatic heterocycles. The SMILES string of the molecule is O=C(O)/C=C/C(=O)NC1CCCC(C(F)(F)F)C1. The fraction of sp³-hybridized carbons (Fsp3) is 0.636. The zero-order chi connectivity index (χ0) is 13.8. The molecule has 1 saturated carbocycles. The summed E-state index contributed by atoms with van der Waals surface area (Å²) in [5.74, 6) is -3.34. The van der Waals surface area contributed by atoms with Crippen LogP contribution in [0.25, 0.3) is 0 Å². The van der Waals surface area contributed by atoms with Gasteiger partial charge in [-0.3, -0.25) is 4.79 Å². The van der Waals surface area contributed by atoms with Gasteiger partial charge in [0.05, 0.1) is 5.92 Å². The van der Waals surface area contributed by atoms with Crippen LogP contribution in [-0.2, 0) is 9.59 Å². The van der Waals surface area contributed by atoms with Gasteiger partial charge in [0.2, 0.25) is 5.91 Å². The number of carboxylic acids is 1. The summed E-state index contributed by atoms with van der Waals surface area (Å²) < 4.78 is 37.5. The molecule has 7 heteroatoms. The second-order valence-corrected chi connectivity index (χ2v) is 4.28.